The Labute approximate surface area is 98.7 Å². The van der Waals surface area contributed by atoms with Crippen molar-refractivity contribution in [3.8, 4) is 22.6 Å². The fourth-order valence-electron chi connectivity index (χ4n) is 1.55. The van der Waals surface area contributed by atoms with Gasteiger partial charge in [0.15, 0.2) is 11.6 Å². The van der Waals surface area contributed by atoms with Crippen molar-refractivity contribution >= 4 is 0 Å². The zero-order valence-electron chi connectivity index (χ0n) is 8.72. The smallest absolute Gasteiger partial charge is 0.200 e. The van der Waals surface area contributed by atoms with Crippen molar-refractivity contribution in [1.82, 2.24) is 0 Å². The van der Waals surface area contributed by atoms with Crippen LogP contribution in [0.3, 0.4) is 0 Å². The number of phenolic OH excluding ortho intramolecular Hbond substituents is 2. The Bertz CT molecular complexity index is 603. The Balaban J connectivity index is 2.74. The van der Waals surface area contributed by atoms with Crippen LogP contribution in [-0.4, -0.2) is 10.2 Å². The molecule has 0 atom stereocenters. The summed E-state index contributed by atoms with van der Waals surface area (Å²) in [6.07, 6.45) is 0. The minimum absolute atomic E-state index is 0.572. The summed E-state index contributed by atoms with van der Waals surface area (Å²) in [6.45, 7) is 0. The predicted octanol–water partition coefficient (Wildman–Crippen LogP) is 3.32. The molecule has 0 aliphatic carbocycles. The first-order chi connectivity index (χ1) is 8.41. The average Bonchev–Trinajstić information content (AvgIpc) is 2.28. The first-order valence-corrected chi connectivity index (χ1v) is 4.77. The highest BCUT2D eigenvalue weighted by Gasteiger charge is 2.20. The number of halogens is 4. The van der Waals surface area contributed by atoms with Crippen LogP contribution >= 0.6 is 0 Å². The average molecular weight is 258 g/mol. The van der Waals surface area contributed by atoms with Crippen molar-refractivity contribution < 1.29 is 27.8 Å². The second-order valence-electron chi connectivity index (χ2n) is 3.54. The maximum atomic E-state index is 13.5. The Morgan fingerprint density at radius 1 is 0.778 bits per heavy atom. The van der Waals surface area contributed by atoms with Crippen molar-refractivity contribution in [3.05, 3.63) is 47.5 Å². The lowest BCUT2D eigenvalue weighted by molar-refractivity contribution is 0.407. The SMILES string of the molecule is Oc1cc(F)c(-c2ccc(O)c(F)c2F)c(F)c1. The highest BCUT2D eigenvalue weighted by molar-refractivity contribution is 5.67. The molecule has 2 N–H and O–H groups in total. The highest BCUT2D eigenvalue weighted by Crippen LogP contribution is 2.34. The van der Waals surface area contributed by atoms with Crippen LogP contribution in [0.25, 0.3) is 11.1 Å². The van der Waals surface area contributed by atoms with Gasteiger partial charge in [-0.2, -0.15) is 4.39 Å². The van der Waals surface area contributed by atoms with Gasteiger partial charge in [-0.05, 0) is 12.1 Å². The molecule has 0 bridgehead atoms. The van der Waals surface area contributed by atoms with Gasteiger partial charge in [0.05, 0.1) is 5.56 Å². The summed E-state index contributed by atoms with van der Waals surface area (Å²) in [4.78, 5) is 0. The molecule has 2 rings (SSSR count). The van der Waals surface area contributed by atoms with Crippen LogP contribution in [0.15, 0.2) is 24.3 Å². The molecule has 0 unspecified atom stereocenters. The van der Waals surface area contributed by atoms with E-state index >= 15 is 0 Å². The van der Waals surface area contributed by atoms with E-state index in [2.05, 4.69) is 0 Å². The number of aromatic hydroxyl groups is 2. The second kappa shape index (κ2) is 4.21. The topological polar surface area (TPSA) is 40.5 Å². The monoisotopic (exact) mass is 258 g/mol. The van der Waals surface area contributed by atoms with Crippen molar-refractivity contribution in [2.24, 2.45) is 0 Å². The van der Waals surface area contributed by atoms with Gasteiger partial charge in [-0.15, -0.1) is 0 Å². The molecule has 0 fully saturated rings. The number of hydrogen-bond acceptors (Lipinski definition) is 2. The Kier molecular flexibility index (Phi) is 2.86. The van der Waals surface area contributed by atoms with E-state index in [1.54, 1.807) is 0 Å². The Hall–Kier alpha value is -2.24. The molecule has 0 aliphatic rings. The maximum Gasteiger partial charge on any atom is 0.200 e. The third kappa shape index (κ3) is 1.85. The van der Waals surface area contributed by atoms with Crippen molar-refractivity contribution in [2.75, 3.05) is 0 Å². The van der Waals surface area contributed by atoms with Crippen LogP contribution in [0.4, 0.5) is 17.6 Å². The normalized spacial score (nSPS) is 10.7. The first-order valence-electron chi connectivity index (χ1n) is 4.77. The molecule has 0 aromatic heterocycles. The van der Waals surface area contributed by atoms with Crippen LogP contribution in [-0.2, 0) is 0 Å². The lowest BCUT2D eigenvalue weighted by atomic mass is 10.0. The molecule has 0 spiro atoms. The van der Waals surface area contributed by atoms with E-state index in [1.165, 1.54) is 0 Å². The number of benzene rings is 2. The summed E-state index contributed by atoms with van der Waals surface area (Å²) in [5.41, 5.74) is -1.50. The lowest BCUT2D eigenvalue weighted by Crippen LogP contribution is -1.96. The number of phenols is 2. The van der Waals surface area contributed by atoms with E-state index in [1.807, 2.05) is 0 Å². The fraction of sp³-hybridized carbons (Fsp3) is 0. The molecule has 2 aromatic carbocycles. The molecule has 0 aliphatic heterocycles. The first kappa shape index (κ1) is 12.2. The largest absolute Gasteiger partial charge is 0.508 e. The molecule has 2 nitrogen and oxygen atoms in total. The molecule has 0 saturated heterocycles. The summed E-state index contributed by atoms with van der Waals surface area (Å²) in [6, 6.07) is 2.76. The van der Waals surface area contributed by atoms with Crippen molar-refractivity contribution in [2.45, 2.75) is 0 Å². The predicted molar refractivity (Wildman–Crippen MR) is 55.0 cm³/mol. The molecule has 0 heterocycles. The van der Waals surface area contributed by atoms with E-state index in [4.69, 9.17) is 10.2 Å². The zero-order valence-corrected chi connectivity index (χ0v) is 8.72. The third-order valence-corrected chi connectivity index (χ3v) is 2.36. The molecular weight excluding hydrogens is 252 g/mol. The van der Waals surface area contributed by atoms with Gasteiger partial charge in [0.2, 0.25) is 5.82 Å². The summed E-state index contributed by atoms with van der Waals surface area (Å²) >= 11 is 0. The van der Waals surface area contributed by atoms with Gasteiger partial charge in [0.25, 0.3) is 0 Å². The molecule has 0 saturated carbocycles. The van der Waals surface area contributed by atoms with Crippen LogP contribution in [0.1, 0.15) is 0 Å². The summed E-state index contributed by atoms with van der Waals surface area (Å²) < 4.78 is 53.5. The number of hydrogen-bond donors (Lipinski definition) is 2. The van der Waals surface area contributed by atoms with Crippen LogP contribution < -0.4 is 0 Å². The molecule has 2 aromatic rings. The minimum Gasteiger partial charge on any atom is -0.508 e. The van der Waals surface area contributed by atoms with E-state index in [-0.39, 0.29) is 0 Å². The van der Waals surface area contributed by atoms with Crippen LogP contribution in [0, 0.1) is 23.3 Å². The second-order valence-corrected chi connectivity index (χ2v) is 3.54. The molecule has 0 amide bonds. The maximum absolute atomic E-state index is 13.5. The standard InChI is InChI=1S/C12H6F4O2/c13-7-3-5(17)4-8(14)10(7)6-1-2-9(18)12(16)11(6)15/h1-4,17-18H. The van der Waals surface area contributed by atoms with Gasteiger partial charge in [0, 0.05) is 17.7 Å². The molecule has 0 radical (unpaired) electrons. The van der Waals surface area contributed by atoms with E-state index in [9.17, 15) is 17.6 Å². The third-order valence-electron chi connectivity index (χ3n) is 2.36. The highest BCUT2D eigenvalue weighted by atomic mass is 19.2. The van der Waals surface area contributed by atoms with Gasteiger partial charge in [-0.1, -0.05) is 0 Å². The van der Waals surface area contributed by atoms with E-state index in [0.29, 0.717) is 12.1 Å². The minimum atomic E-state index is -1.60. The molecule has 94 valence electrons. The zero-order chi connectivity index (χ0) is 13.4. The van der Waals surface area contributed by atoms with Gasteiger partial charge >= 0.3 is 0 Å². The summed E-state index contributed by atoms with van der Waals surface area (Å²) in [5, 5.41) is 17.9. The van der Waals surface area contributed by atoms with Crippen LogP contribution in [0.2, 0.25) is 0 Å². The lowest BCUT2D eigenvalue weighted by Gasteiger charge is -2.08. The molecular formula is C12H6F4O2. The Morgan fingerprint density at radius 2 is 1.33 bits per heavy atom. The molecule has 6 heteroatoms. The quantitative estimate of drug-likeness (QED) is 0.770. The van der Waals surface area contributed by atoms with Crippen molar-refractivity contribution in [3.63, 3.8) is 0 Å². The van der Waals surface area contributed by atoms with Gasteiger partial charge in [0.1, 0.15) is 17.4 Å². The summed E-state index contributed by atoms with van der Waals surface area (Å²) in [5.74, 6) is -7.28. The van der Waals surface area contributed by atoms with Gasteiger partial charge in [-0.3, -0.25) is 0 Å². The van der Waals surface area contributed by atoms with Crippen LogP contribution in [0.5, 0.6) is 11.5 Å². The Morgan fingerprint density at radius 3 is 1.89 bits per heavy atom. The van der Waals surface area contributed by atoms with E-state index < -0.39 is 45.9 Å². The van der Waals surface area contributed by atoms with Gasteiger partial charge in [-0.25, -0.2) is 13.2 Å². The summed E-state index contributed by atoms with van der Waals surface area (Å²) in [7, 11) is 0. The van der Waals surface area contributed by atoms with E-state index in [0.717, 1.165) is 12.1 Å². The van der Waals surface area contributed by atoms with Crippen molar-refractivity contribution in [1.29, 1.82) is 0 Å². The van der Waals surface area contributed by atoms with Gasteiger partial charge < -0.3 is 10.2 Å². The molecule has 18 heavy (non-hydrogen) atoms. The number of rotatable bonds is 1. The fourth-order valence-corrected chi connectivity index (χ4v) is 1.55.